The third kappa shape index (κ3) is 5.48. The molecule has 0 aliphatic carbocycles. The number of aryl methyl sites for hydroxylation is 1. The van der Waals surface area contributed by atoms with Crippen LogP contribution < -0.4 is 10.1 Å². The molecule has 0 unspecified atom stereocenters. The van der Waals surface area contributed by atoms with Crippen LogP contribution in [0.1, 0.15) is 17.0 Å². The van der Waals surface area contributed by atoms with Gasteiger partial charge in [-0.15, -0.1) is 0 Å². The molecule has 4 aromatic rings. The number of hydrogen-bond donors (Lipinski definition) is 1. The number of nitrogens with one attached hydrogen (secondary N) is 1. The van der Waals surface area contributed by atoms with Gasteiger partial charge in [0, 0.05) is 31.2 Å². The standard InChI is InChI=1S/C25H20F2N4O2/c1-17-29-11-12-31(17)23-7-4-19(14-21(23)26)15-30-25(32)9-6-18-5-8-24(22(27)13-18)33-20-3-2-10-28-16-20/h2-14,16H,15H2,1H3,(H,30,32)/b9-6+. The zero-order chi connectivity index (χ0) is 23.2. The van der Waals surface area contributed by atoms with Crippen LogP contribution in [-0.4, -0.2) is 20.4 Å². The number of ether oxygens (including phenoxy) is 1. The Kier molecular flexibility index (Phi) is 6.54. The summed E-state index contributed by atoms with van der Waals surface area (Å²) in [7, 11) is 0. The van der Waals surface area contributed by atoms with Crippen molar-refractivity contribution in [3.05, 3.63) is 108 Å². The van der Waals surface area contributed by atoms with Crippen LogP contribution in [0.15, 0.2) is 79.4 Å². The number of imidazole rings is 1. The first kappa shape index (κ1) is 21.9. The minimum absolute atomic E-state index is 0.0564. The number of hydrogen-bond acceptors (Lipinski definition) is 4. The number of nitrogens with zero attached hydrogens (tertiary/aromatic N) is 3. The van der Waals surface area contributed by atoms with E-state index < -0.39 is 11.6 Å². The SMILES string of the molecule is Cc1nccn1-c1ccc(CNC(=O)/C=C/c2ccc(Oc3cccnc3)c(F)c2)cc1F. The van der Waals surface area contributed by atoms with Crippen molar-refractivity contribution in [2.45, 2.75) is 13.5 Å². The smallest absolute Gasteiger partial charge is 0.244 e. The van der Waals surface area contributed by atoms with Crippen molar-refractivity contribution in [2.75, 3.05) is 0 Å². The van der Waals surface area contributed by atoms with Gasteiger partial charge in [0.1, 0.15) is 17.4 Å². The number of rotatable bonds is 7. The number of aromatic nitrogens is 3. The first-order valence-corrected chi connectivity index (χ1v) is 10.1. The highest BCUT2D eigenvalue weighted by atomic mass is 19.1. The van der Waals surface area contributed by atoms with E-state index >= 15 is 0 Å². The zero-order valence-electron chi connectivity index (χ0n) is 17.7. The molecular formula is C25H20F2N4O2. The van der Waals surface area contributed by atoms with Crippen molar-refractivity contribution in [2.24, 2.45) is 0 Å². The van der Waals surface area contributed by atoms with E-state index in [0.717, 1.165) is 0 Å². The molecule has 0 saturated carbocycles. The monoisotopic (exact) mass is 446 g/mol. The second-order valence-electron chi connectivity index (χ2n) is 7.16. The Hall–Kier alpha value is -4.33. The fourth-order valence-corrected chi connectivity index (χ4v) is 3.15. The van der Waals surface area contributed by atoms with Gasteiger partial charge >= 0.3 is 0 Å². The summed E-state index contributed by atoms with van der Waals surface area (Å²) in [5.74, 6) is -0.216. The second-order valence-corrected chi connectivity index (χ2v) is 7.16. The Bertz CT molecular complexity index is 1300. The summed E-state index contributed by atoms with van der Waals surface area (Å²) in [6.45, 7) is 1.93. The number of carbonyl (C=O) groups is 1. The Morgan fingerprint density at radius 1 is 1.12 bits per heavy atom. The third-order valence-corrected chi connectivity index (χ3v) is 4.81. The van der Waals surface area contributed by atoms with Gasteiger partial charge in [0.15, 0.2) is 11.6 Å². The molecule has 0 atom stereocenters. The molecular weight excluding hydrogens is 426 g/mol. The maximum atomic E-state index is 14.5. The summed E-state index contributed by atoms with van der Waals surface area (Å²) in [6.07, 6.45) is 9.13. The highest BCUT2D eigenvalue weighted by Gasteiger charge is 2.09. The van der Waals surface area contributed by atoms with E-state index in [1.807, 2.05) is 0 Å². The van der Waals surface area contributed by atoms with Gasteiger partial charge in [-0.3, -0.25) is 9.78 Å². The Balaban J connectivity index is 1.34. The van der Waals surface area contributed by atoms with Crippen LogP contribution in [0.4, 0.5) is 8.78 Å². The predicted octanol–water partition coefficient (Wildman–Crippen LogP) is 4.98. The molecule has 0 saturated heterocycles. The fraction of sp³-hybridized carbons (Fsp3) is 0.0800. The number of benzene rings is 2. The van der Waals surface area contributed by atoms with Gasteiger partial charge in [-0.05, 0) is 60.5 Å². The summed E-state index contributed by atoms with van der Waals surface area (Å²) in [5, 5.41) is 2.68. The number of halogens is 2. The van der Waals surface area contributed by atoms with Crippen molar-refractivity contribution >= 4 is 12.0 Å². The van der Waals surface area contributed by atoms with Crippen LogP contribution in [0.3, 0.4) is 0 Å². The average molecular weight is 446 g/mol. The van der Waals surface area contributed by atoms with Gasteiger partial charge in [0.2, 0.25) is 5.91 Å². The van der Waals surface area contributed by atoms with E-state index in [9.17, 15) is 13.6 Å². The van der Waals surface area contributed by atoms with Gasteiger partial charge in [-0.25, -0.2) is 13.8 Å². The molecule has 0 bridgehead atoms. The summed E-state index contributed by atoms with van der Waals surface area (Å²) in [4.78, 5) is 20.1. The van der Waals surface area contributed by atoms with Crippen LogP contribution in [0.25, 0.3) is 11.8 Å². The Morgan fingerprint density at radius 2 is 2.00 bits per heavy atom. The number of amides is 1. The van der Waals surface area contributed by atoms with E-state index in [2.05, 4.69) is 15.3 Å². The predicted molar refractivity (Wildman–Crippen MR) is 120 cm³/mol. The van der Waals surface area contributed by atoms with E-state index in [1.54, 1.807) is 60.4 Å². The summed E-state index contributed by atoms with van der Waals surface area (Å²) < 4.78 is 35.9. The fourth-order valence-electron chi connectivity index (χ4n) is 3.15. The maximum Gasteiger partial charge on any atom is 0.244 e. The lowest BCUT2D eigenvalue weighted by molar-refractivity contribution is -0.116. The van der Waals surface area contributed by atoms with Crippen LogP contribution in [0.2, 0.25) is 0 Å². The normalized spacial score (nSPS) is 11.0. The molecule has 4 rings (SSSR count). The first-order chi connectivity index (χ1) is 16.0. The lowest BCUT2D eigenvalue weighted by Gasteiger charge is -2.09. The Labute approximate surface area is 189 Å². The molecule has 2 aromatic carbocycles. The van der Waals surface area contributed by atoms with Crippen LogP contribution in [-0.2, 0) is 11.3 Å². The van der Waals surface area contributed by atoms with Gasteiger partial charge in [-0.2, -0.15) is 0 Å². The Morgan fingerprint density at radius 3 is 2.70 bits per heavy atom. The first-order valence-electron chi connectivity index (χ1n) is 10.1. The van der Waals surface area contributed by atoms with Gasteiger partial charge < -0.3 is 14.6 Å². The minimum Gasteiger partial charge on any atom is -0.453 e. The molecule has 2 aromatic heterocycles. The molecule has 0 spiro atoms. The average Bonchev–Trinajstić information content (AvgIpc) is 3.24. The topological polar surface area (TPSA) is 69.0 Å². The number of pyridine rings is 1. The third-order valence-electron chi connectivity index (χ3n) is 4.81. The molecule has 166 valence electrons. The lowest BCUT2D eigenvalue weighted by atomic mass is 10.1. The van der Waals surface area contributed by atoms with Gasteiger partial charge in [0.25, 0.3) is 0 Å². The van der Waals surface area contributed by atoms with Gasteiger partial charge in [-0.1, -0.05) is 12.1 Å². The van der Waals surface area contributed by atoms with E-state index in [0.29, 0.717) is 28.4 Å². The quantitative estimate of drug-likeness (QED) is 0.407. The molecule has 0 aliphatic rings. The number of carbonyl (C=O) groups excluding carboxylic acids is 1. The lowest BCUT2D eigenvalue weighted by Crippen LogP contribution is -2.20. The van der Waals surface area contributed by atoms with Gasteiger partial charge in [0.05, 0.1) is 11.9 Å². The second kappa shape index (κ2) is 9.86. The van der Waals surface area contributed by atoms with Crippen molar-refractivity contribution in [3.63, 3.8) is 0 Å². The maximum absolute atomic E-state index is 14.5. The summed E-state index contributed by atoms with van der Waals surface area (Å²) in [6, 6.07) is 12.5. The van der Waals surface area contributed by atoms with Crippen LogP contribution in [0, 0.1) is 18.6 Å². The summed E-state index contributed by atoms with van der Waals surface area (Å²) >= 11 is 0. The molecule has 0 radical (unpaired) electrons. The molecule has 0 aliphatic heterocycles. The molecule has 8 heteroatoms. The van der Waals surface area contributed by atoms with E-state index in [-0.39, 0.29) is 18.2 Å². The van der Waals surface area contributed by atoms with Crippen molar-refractivity contribution in [1.82, 2.24) is 19.9 Å². The highest BCUT2D eigenvalue weighted by Crippen LogP contribution is 2.25. The van der Waals surface area contributed by atoms with E-state index in [1.165, 1.54) is 36.5 Å². The largest absolute Gasteiger partial charge is 0.453 e. The van der Waals surface area contributed by atoms with Crippen molar-refractivity contribution in [1.29, 1.82) is 0 Å². The van der Waals surface area contributed by atoms with Crippen LogP contribution >= 0.6 is 0 Å². The van der Waals surface area contributed by atoms with E-state index in [4.69, 9.17) is 4.74 Å². The summed E-state index contributed by atoms with van der Waals surface area (Å²) in [5.41, 5.74) is 1.49. The van der Waals surface area contributed by atoms with Crippen molar-refractivity contribution < 1.29 is 18.3 Å². The molecule has 6 nitrogen and oxygen atoms in total. The molecule has 2 heterocycles. The molecule has 0 fully saturated rings. The molecule has 1 amide bonds. The highest BCUT2D eigenvalue weighted by molar-refractivity contribution is 5.91. The van der Waals surface area contributed by atoms with Crippen LogP contribution in [0.5, 0.6) is 11.5 Å². The molecule has 33 heavy (non-hydrogen) atoms. The van der Waals surface area contributed by atoms with Crippen molar-refractivity contribution in [3.8, 4) is 17.2 Å². The minimum atomic E-state index is -0.565. The molecule has 1 N–H and O–H groups in total. The zero-order valence-corrected chi connectivity index (χ0v) is 17.7.